The van der Waals surface area contributed by atoms with Crippen molar-refractivity contribution in [2.45, 2.75) is 24.9 Å². The van der Waals surface area contributed by atoms with Crippen LogP contribution in [0, 0.1) is 5.92 Å². The zero-order valence-electron chi connectivity index (χ0n) is 17.2. The molecule has 1 saturated heterocycles. The SMILES string of the molecule is COc1cccc(-n2c(SCC(=O)N3CCCC(C)C3)nnc2-c2cccnc2)c1. The van der Waals surface area contributed by atoms with E-state index >= 15 is 0 Å². The van der Waals surface area contributed by atoms with Crippen LogP contribution < -0.4 is 4.74 Å². The highest BCUT2D eigenvalue weighted by atomic mass is 32.2. The van der Waals surface area contributed by atoms with Crippen LogP contribution in [0.2, 0.25) is 0 Å². The van der Waals surface area contributed by atoms with Crippen LogP contribution in [0.5, 0.6) is 5.75 Å². The molecule has 0 N–H and O–H groups in total. The fourth-order valence-electron chi connectivity index (χ4n) is 3.66. The summed E-state index contributed by atoms with van der Waals surface area (Å²) in [6, 6.07) is 11.5. The van der Waals surface area contributed by atoms with E-state index in [4.69, 9.17) is 4.74 Å². The van der Waals surface area contributed by atoms with E-state index in [1.54, 1.807) is 19.5 Å². The first-order valence-corrected chi connectivity index (χ1v) is 11.0. The lowest BCUT2D eigenvalue weighted by molar-refractivity contribution is -0.130. The molecule has 1 aliphatic heterocycles. The Morgan fingerprint density at radius 3 is 2.93 bits per heavy atom. The molecule has 7 nitrogen and oxygen atoms in total. The standard InChI is InChI=1S/C22H25N5O2S/c1-16-6-5-11-26(14-16)20(28)15-30-22-25-24-21(17-7-4-10-23-13-17)27(22)18-8-3-9-19(12-18)29-2/h3-4,7-10,12-13,16H,5-6,11,14-15H2,1-2H3. The van der Waals surface area contributed by atoms with E-state index in [0.717, 1.165) is 36.5 Å². The van der Waals surface area contributed by atoms with E-state index in [1.165, 1.54) is 18.2 Å². The van der Waals surface area contributed by atoms with Gasteiger partial charge in [0.05, 0.1) is 18.6 Å². The van der Waals surface area contributed by atoms with Gasteiger partial charge in [-0.25, -0.2) is 0 Å². The highest BCUT2D eigenvalue weighted by Gasteiger charge is 2.23. The van der Waals surface area contributed by atoms with Crippen LogP contribution in [0.1, 0.15) is 19.8 Å². The Kier molecular flexibility index (Phi) is 6.32. The van der Waals surface area contributed by atoms with Crippen LogP contribution in [0.15, 0.2) is 53.9 Å². The third-order valence-electron chi connectivity index (χ3n) is 5.20. The molecule has 3 aromatic rings. The summed E-state index contributed by atoms with van der Waals surface area (Å²) >= 11 is 1.41. The number of pyridine rings is 1. The van der Waals surface area contributed by atoms with Gasteiger partial charge in [-0.2, -0.15) is 0 Å². The zero-order chi connectivity index (χ0) is 20.9. The highest BCUT2D eigenvalue weighted by Crippen LogP contribution is 2.29. The van der Waals surface area contributed by atoms with Crippen LogP contribution in [-0.4, -0.2) is 56.5 Å². The van der Waals surface area contributed by atoms with Crippen molar-refractivity contribution in [1.29, 1.82) is 0 Å². The summed E-state index contributed by atoms with van der Waals surface area (Å²) in [6.45, 7) is 3.88. The van der Waals surface area contributed by atoms with Crippen molar-refractivity contribution in [2.24, 2.45) is 5.92 Å². The van der Waals surface area contributed by atoms with Crippen LogP contribution in [0.4, 0.5) is 0 Å². The predicted octanol–water partition coefficient (Wildman–Crippen LogP) is 3.69. The molecule has 1 unspecified atom stereocenters. The number of aromatic nitrogens is 4. The first-order valence-electron chi connectivity index (χ1n) is 10.1. The Hall–Kier alpha value is -2.87. The van der Waals surface area contributed by atoms with Gasteiger partial charge in [0.25, 0.3) is 0 Å². The van der Waals surface area contributed by atoms with Gasteiger partial charge in [0.1, 0.15) is 5.75 Å². The molecule has 1 aromatic carbocycles. The minimum Gasteiger partial charge on any atom is -0.497 e. The summed E-state index contributed by atoms with van der Waals surface area (Å²) in [5.41, 5.74) is 1.73. The summed E-state index contributed by atoms with van der Waals surface area (Å²) in [5, 5.41) is 9.47. The lowest BCUT2D eigenvalue weighted by Crippen LogP contribution is -2.40. The number of hydrogen-bond donors (Lipinski definition) is 0. The second-order valence-corrected chi connectivity index (χ2v) is 8.40. The van der Waals surface area contributed by atoms with Crippen molar-refractivity contribution in [3.63, 3.8) is 0 Å². The summed E-state index contributed by atoms with van der Waals surface area (Å²) in [4.78, 5) is 18.9. The molecule has 0 spiro atoms. The first kappa shape index (κ1) is 20.4. The second-order valence-electron chi connectivity index (χ2n) is 7.46. The molecule has 3 heterocycles. The summed E-state index contributed by atoms with van der Waals surface area (Å²) < 4.78 is 7.35. The molecule has 1 aliphatic rings. The van der Waals surface area contributed by atoms with Crippen LogP contribution >= 0.6 is 11.8 Å². The maximum atomic E-state index is 12.8. The van der Waals surface area contributed by atoms with Gasteiger partial charge in [-0.3, -0.25) is 14.3 Å². The number of nitrogens with zero attached hydrogens (tertiary/aromatic N) is 5. The minimum atomic E-state index is 0.148. The maximum absolute atomic E-state index is 12.8. The lowest BCUT2D eigenvalue weighted by Gasteiger charge is -2.30. The molecule has 0 radical (unpaired) electrons. The fraction of sp³-hybridized carbons (Fsp3) is 0.364. The summed E-state index contributed by atoms with van der Waals surface area (Å²) in [5.74, 6) is 2.47. The Morgan fingerprint density at radius 2 is 2.17 bits per heavy atom. The van der Waals surface area contributed by atoms with Gasteiger partial charge in [-0.1, -0.05) is 24.8 Å². The minimum absolute atomic E-state index is 0.148. The Morgan fingerprint density at radius 1 is 1.27 bits per heavy atom. The molecule has 0 saturated carbocycles. The second kappa shape index (κ2) is 9.30. The Bertz CT molecular complexity index is 1010. The molecule has 1 fully saturated rings. The van der Waals surface area contributed by atoms with E-state index in [0.29, 0.717) is 22.7 Å². The average Bonchev–Trinajstić information content (AvgIpc) is 3.22. The predicted molar refractivity (Wildman–Crippen MR) is 117 cm³/mol. The van der Waals surface area contributed by atoms with Crippen molar-refractivity contribution in [3.8, 4) is 22.8 Å². The lowest BCUT2D eigenvalue weighted by atomic mass is 10.0. The molecule has 1 atom stereocenters. The summed E-state index contributed by atoms with van der Waals surface area (Å²) in [6.07, 6.45) is 5.75. The third-order valence-corrected chi connectivity index (χ3v) is 6.11. The molecular formula is C22H25N5O2S. The van der Waals surface area contributed by atoms with Gasteiger partial charge in [-0.15, -0.1) is 10.2 Å². The topological polar surface area (TPSA) is 73.1 Å². The number of rotatable bonds is 6. The van der Waals surface area contributed by atoms with E-state index in [2.05, 4.69) is 22.1 Å². The number of carbonyl (C=O) groups excluding carboxylic acids is 1. The third kappa shape index (κ3) is 4.48. The molecule has 0 bridgehead atoms. The number of hydrogen-bond acceptors (Lipinski definition) is 6. The van der Waals surface area contributed by atoms with Crippen molar-refractivity contribution < 1.29 is 9.53 Å². The summed E-state index contributed by atoms with van der Waals surface area (Å²) in [7, 11) is 1.64. The monoisotopic (exact) mass is 423 g/mol. The number of benzene rings is 1. The average molecular weight is 424 g/mol. The molecule has 30 heavy (non-hydrogen) atoms. The van der Waals surface area contributed by atoms with Gasteiger partial charge in [-0.05, 0) is 43.0 Å². The van der Waals surface area contributed by atoms with Crippen LogP contribution in [0.25, 0.3) is 17.1 Å². The smallest absolute Gasteiger partial charge is 0.233 e. The van der Waals surface area contributed by atoms with E-state index < -0.39 is 0 Å². The molecule has 4 rings (SSSR count). The quantitative estimate of drug-likeness (QED) is 0.563. The highest BCUT2D eigenvalue weighted by molar-refractivity contribution is 7.99. The van der Waals surface area contributed by atoms with E-state index in [-0.39, 0.29) is 5.91 Å². The van der Waals surface area contributed by atoms with Crippen molar-refractivity contribution >= 4 is 17.7 Å². The number of thioether (sulfide) groups is 1. The number of likely N-dealkylation sites (tertiary alicyclic amines) is 1. The maximum Gasteiger partial charge on any atom is 0.233 e. The number of carbonyl (C=O) groups is 1. The molecular weight excluding hydrogens is 398 g/mol. The molecule has 0 aliphatic carbocycles. The molecule has 2 aromatic heterocycles. The Labute approximate surface area is 180 Å². The normalized spacial score (nSPS) is 16.5. The van der Waals surface area contributed by atoms with Crippen molar-refractivity contribution in [1.82, 2.24) is 24.6 Å². The zero-order valence-corrected chi connectivity index (χ0v) is 18.0. The largest absolute Gasteiger partial charge is 0.497 e. The number of ether oxygens (including phenoxy) is 1. The number of methoxy groups -OCH3 is 1. The first-order chi connectivity index (χ1) is 14.7. The molecule has 8 heteroatoms. The van der Waals surface area contributed by atoms with Crippen molar-refractivity contribution in [2.75, 3.05) is 26.0 Å². The molecule has 156 valence electrons. The van der Waals surface area contributed by atoms with Gasteiger partial charge in [0.2, 0.25) is 5.91 Å². The van der Waals surface area contributed by atoms with E-state index in [9.17, 15) is 4.79 Å². The van der Waals surface area contributed by atoms with E-state index in [1.807, 2.05) is 45.9 Å². The van der Waals surface area contributed by atoms with Crippen LogP contribution in [0.3, 0.4) is 0 Å². The number of piperidine rings is 1. The Balaban J connectivity index is 1.63. The van der Waals surface area contributed by atoms with Gasteiger partial charge < -0.3 is 9.64 Å². The van der Waals surface area contributed by atoms with Crippen molar-refractivity contribution in [3.05, 3.63) is 48.8 Å². The van der Waals surface area contributed by atoms with Gasteiger partial charge in [0.15, 0.2) is 11.0 Å². The van der Waals surface area contributed by atoms with Crippen LogP contribution in [-0.2, 0) is 4.79 Å². The fourth-order valence-corrected chi connectivity index (χ4v) is 4.52. The van der Waals surface area contributed by atoms with Gasteiger partial charge >= 0.3 is 0 Å². The number of amides is 1. The van der Waals surface area contributed by atoms with Gasteiger partial charge in [0, 0.05) is 37.1 Å². The molecule has 1 amide bonds.